The van der Waals surface area contributed by atoms with E-state index in [-0.39, 0.29) is 16.3 Å². The number of ether oxygens (including phenoxy) is 1. The number of fused-ring (bicyclic) bond motifs is 1. The number of imidazole rings is 1. The van der Waals surface area contributed by atoms with Gasteiger partial charge in [-0.25, -0.2) is 13.2 Å². The first-order chi connectivity index (χ1) is 15.2. The molecule has 3 aromatic rings. The highest BCUT2D eigenvalue weighted by Gasteiger charge is 2.32. The van der Waals surface area contributed by atoms with Crippen molar-refractivity contribution in [2.75, 3.05) is 12.4 Å². The lowest BCUT2D eigenvalue weighted by Gasteiger charge is -2.23. The van der Waals surface area contributed by atoms with Crippen molar-refractivity contribution in [1.82, 2.24) is 9.13 Å². The minimum atomic E-state index is -3.71. The van der Waals surface area contributed by atoms with Crippen LogP contribution in [0.5, 0.6) is 5.75 Å². The van der Waals surface area contributed by atoms with Gasteiger partial charge in [-0.1, -0.05) is 25.3 Å². The maximum atomic E-state index is 13.6. The predicted octanol–water partition coefficient (Wildman–Crippen LogP) is 3.24. The van der Waals surface area contributed by atoms with Crippen molar-refractivity contribution >= 4 is 32.5 Å². The van der Waals surface area contributed by atoms with Gasteiger partial charge < -0.3 is 10.1 Å². The molecule has 8 nitrogen and oxygen atoms in total. The second-order valence-corrected chi connectivity index (χ2v) is 10.4. The van der Waals surface area contributed by atoms with Crippen molar-refractivity contribution < 1.29 is 17.9 Å². The number of hydrogen-bond donors (Lipinski definition) is 1. The number of benzene rings is 2. The van der Waals surface area contributed by atoms with Crippen LogP contribution in [0.4, 0.5) is 5.69 Å². The van der Waals surface area contributed by atoms with Gasteiger partial charge in [-0.15, -0.1) is 0 Å². The van der Waals surface area contributed by atoms with Crippen LogP contribution in [-0.2, 0) is 23.9 Å². The van der Waals surface area contributed by atoms with Gasteiger partial charge in [0.25, 0.3) is 5.91 Å². The molecular weight excluding hydrogens is 430 g/mol. The monoisotopic (exact) mass is 457 g/mol. The Morgan fingerprint density at radius 1 is 1.03 bits per heavy atom. The van der Waals surface area contributed by atoms with E-state index in [1.54, 1.807) is 44.4 Å². The number of hydrogen-bond acceptors (Lipinski definition) is 5. The lowest BCUT2D eigenvalue weighted by Crippen LogP contribution is -2.25. The number of aryl methyl sites for hydroxylation is 2. The van der Waals surface area contributed by atoms with E-state index < -0.39 is 21.0 Å². The number of carbonyl (C=O) groups is 1. The van der Waals surface area contributed by atoms with Crippen molar-refractivity contribution in [3.8, 4) is 5.75 Å². The first kappa shape index (κ1) is 22.1. The zero-order valence-electron chi connectivity index (χ0n) is 18.4. The summed E-state index contributed by atoms with van der Waals surface area (Å²) in [5, 5.41) is 2.27. The maximum absolute atomic E-state index is 13.6. The van der Waals surface area contributed by atoms with Crippen LogP contribution < -0.4 is 15.7 Å². The summed E-state index contributed by atoms with van der Waals surface area (Å²) < 4.78 is 35.3. The Hall–Kier alpha value is -3.07. The van der Waals surface area contributed by atoms with E-state index in [0.717, 1.165) is 19.3 Å². The van der Waals surface area contributed by atoms with Gasteiger partial charge in [0.2, 0.25) is 0 Å². The molecule has 1 N–H and O–H groups in total. The largest absolute Gasteiger partial charge is 0.497 e. The molecule has 1 aliphatic carbocycles. The summed E-state index contributed by atoms with van der Waals surface area (Å²) in [5.74, 6) is 0.0675. The number of amides is 1. The summed E-state index contributed by atoms with van der Waals surface area (Å²) in [6.07, 6.45) is 3.94. The number of sulfone groups is 1. The fourth-order valence-corrected chi connectivity index (χ4v) is 6.38. The van der Waals surface area contributed by atoms with Gasteiger partial charge in [-0.3, -0.25) is 13.9 Å². The number of anilines is 1. The lowest BCUT2D eigenvalue weighted by molar-refractivity contribution is 0.102. The van der Waals surface area contributed by atoms with Gasteiger partial charge in [-0.2, -0.15) is 0 Å². The molecule has 1 fully saturated rings. The Kier molecular flexibility index (Phi) is 5.85. The van der Waals surface area contributed by atoms with E-state index in [0.29, 0.717) is 35.2 Å². The molecule has 170 valence electrons. The molecule has 0 bridgehead atoms. The quantitative estimate of drug-likeness (QED) is 0.634. The molecule has 0 aliphatic heterocycles. The normalized spacial score (nSPS) is 15.1. The van der Waals surface area contributed by atoms with Crippen molar-refractivity contribution in [3.05, 3.63) is 52.4 Å². The van der Waals surface area contributed by atoms with Crippen LogP contribution in [0.3, 0.4) is 0 Å². The molecular formula is C23H27N3O5S. The molecule has 0 spiro atoms. The highest BCUT2D eigenvalue weighted by atomic mass is 32.2. The minimum absolute atomic E-state index is 0.0503. The summed E-state index contributed by atoms with van der Waals surface area (Å²) in [7, 11) is 1.03. The molecule has 1 aliphatic rings. The lowest BCUT2D eigenvalue weighted by atomic mass is 10.0. The summed E-state index contributed by atoms with van der Waals surface area (Å²) in [6, 6.07) is 9.72. The predicted molar refractivity (Wildman–Crippen MR) is 123 cm³/mol. The minimum Gasteiger partial charge on any atom is -0.497 e. The molecule has 32 heavy (non-hydrogen) atoms. The zero-order chi connectivity index (χ0) is 23.0. The van der Waals surface area contributed by atoms with Crippen LogP contribution >= 0.6 is 0 Å². The third-order valence-electron chi connectivity index (χ3n) is 6.25. The number of rotatable bonds is 5. The molecule has 9 heteroatoms. The van der Waals surface area contributed by atoms with E-state index >= 15 is 0 Å². The van der Waals surface area contributed by atoms with E-state index in [1.807, 2.05) is 0 Å². The van der Waals surface area contributed by atoms with E-state index in [9.17, 15) is 18.0 Å². The van der Waals surface area contributed by atoms with Gasteiger partial charge in [0.15, 0.2) is 9.84 Å². The first-order valence-corrected chi connectivity index (χ1v) is 12.2. The fraction of sp³-hybridized carbons (Fsp3) is 0.391. The number of carbonyl (C=O) groups excluding carboxylic acids is 1. The molecule has 1 heterocycles. The standard InChI is InChI=1S/C23H27N3O5S/c1-25-19-13-18(24-22(27)15-8-7-9-16(12-15)31-3)21(14-20(19)26(2)23(25)28)32(29,30)17-10-5-4-6-11-17/h7-9,12-14,17H,4-6,10-11H2,1-3H3,(H,24,27). The number of nitrogens with zero attached hydrogens (tertiary/aromatic N) is 2. The molecule has 4 rings (SSSR count). The number of nitrogens with one attached hydrogen (secondary N) is 1. The van der Waals surface area contributed by atoms with E-state index in [4.69, 9.17) is 4.74 Å². The third kappa shape index (κ3) is 3.81. The van der Waals surface area contributed by atoms with Crippen molar-refractivity contribution in [2.24, 2.45) is 14.1 Å². The van der Waals surface area contributed by atoms with Crippen LogP contribution in [0, 0.1) is 0 Å². The van der Waals surface area contributed by atoms with Crippen LogP contribution in [0.25, 0.3) is 11.0 Å². The van der Waals surface area contributed by atoms with Crippen molar-refractivity contribution in [1.29, 1.82) is 0 Å². The van der Waals surface area contributed by atoms with Gasteiger partial charge in [0.1, 0.15) is 5.75 Å². The second-order valence-electron chi connectivity index (χ2n) is 8.23. The Bertz CT molecular complexity index is 1350. The molecule has 1 aromatic heterocycles. The van der Waals surface area contributed by atoms with Gasteiger partial charge in [-0.05, 0) is 43.2 Å². The van der Waals surface area contributed by atoms with Crippen LogP contribution in [-0.4, -0.2) is 35.8 Å². The van der Waals surface area contributed by atoms with Crippen LogP contribution in [0.2, 0.25) is 0 Å². The summed E-state index contributed by atoms with van der Waals surface area (Å²) in [4.78, 5) is 25.5. The zero-order valence-corrected chi connectivity index (χ0v) is 19.2. The smallest absolute Gasteiger partial charge is 0.328 e. The molecule has 0 unspecified atom stereocenters. The second kappa shape index (κ2) is 8.46. The SMILES string of the molecule is COc1cccc(C(=O)Nc2cc3c(cc2S(=O)(=O)C2CCCCC2)n(C)c(=O)n3C)c1. The van der Waals surface area contributed by atoms with Gasteiger partial charge in [0, 0.05) is 19.7 Å². The Morgan fingerprint density at radius 2 is 1.69 bits per heavy atom. The third-order valence-corrected chi connectivity index (χ3v) is 8.55. The van der Waals surface area contributed by atoms with Crippen molar-refractivity contribution in [3.63, 3.8) is 0 Å². The summed E-state index contributed by atoms with van der Waals surface area (Å²) >= 11 is 0. The molecule has 0 saturated heterocycles. The summed E-state index contributed by atoms with van der Waals surface area (Å²) in [5.41, 5.74) is 1.30. The summed E-state index contributed by atoms with van der Waals surface area (Å²) in [6.45, 7) is 0. The number of aromatic nitrogens is 2. The van der Waals surface area contributed by atoms with Gasteiger partial charge in [0.05, 0.1) is 34.0 Å². The topological polar surface area (TPSA) is 99.4 Å². The van der Waals surface area contributed by atoms with Crippen molar-refractivity contribution in [2.45, 2.75) is 42.2 Å². The maximum Gasteiger partial charge on any atom is 0.328 e. The molecule has 0 atom stereocenters. The van der Waals surface area contributed by atoms with E-state index in [1.165, 1.54) is 22.3 Å². The first-order valence-electron chi connectivity index (χ1n) is 10.6. The Morgan fingerprint density at radius 3 is 2.34 bits per heavy atom. The Balaban J connectivity index is 1.85. The molecule has 2 aromatic carbocycles. The highest BCUT2D eigenvalue weighted by molar-refractivity contribution is 7.92. The van der Waals surface area contributed by atoms with Gasteiger partial charge >= 0.3 is 5.69 Å². The molecule has 0 radical (unpaired) electrons. The fourth-order valence-electron chi connectivity index (χ4n) is 4.37. The average molecular weight is 458 g/mol. The van der Waals surface area contributed by atoms with Crippen LogP contribution in [0.1, 0.15) is 42.5 Å². The molecule has 1 amide bonds. The highest BCUT2D eigenvalue weighted by Crippen LogP contribution is 2.35. The number of methoxy groups -OCH3 is 1. The van der Waals surface area contributed by atoms with Crippen LogP contribution in [0.15, 0.2) is 46.1 Å². The average Bonchev–Trinajstić information content (AvgIpc) is 3.02. The van der Waals surface area contributed by atoms with E-state index in [2.05, 4.69) is 5.32 Å². The Labute approximate surface area is 186 Å². The molecule has 1 saturated carbocycles.